The molecule has 0 heterocycles. The van der Waals surface area contributed by atoms with Gasteiger partial charge in [0, 0.05) is 0 Å². The number of hydrogen-bond donors (Lipinski definition) is 0. The molecule has 0 unspecified atom stereocenters. The highest BCUT2D eigenvalue weighted by molar-refractivity contribution is 5.91. The SMILES string of the molecule is CCCCCc1ccc(-c2ccc(OC(=O)c3ccc(CC)cc3)cc2)cc1. The Labute approximate surface area is 168 Å². The van der Waals surface area contributed by atoms with Crippen molar-refractivity contribution in [2.24, 2.45) is 0 Å². The van der Waals surface area contributed by atoms with Crippen LogP contribution in [0.3, 0.4) is 0 Å². The van der Waals surface area contributed by atoms with Crippen molar-refractivity contribution in [3.63, 3.8) is 0 Å². The van der Waals surface area contributed by atoms with Gasteiger partial charge in [-0.1, -0.05) is 75.2 Å². The first-order chi connectivity index (χ1) is 13.7. The molecular weight excluding hydrogens is 344 g/mol. The number of carbonyl (C=O) groups is 1. The number of unbranched alkanes of at least 4 members (excludes halogenated alkanes) is 2. The van der Waals surface area contributed by atoms with Gasteiger partial charge < -0.3 is 4.74 Å². The fourth-order valence-corrected chi connectivity index (χ4v) is 3.20. The zero-order valence-corrected chi connectivity index (χ0v) is 16.8. The summed E-state index contributed by atoms with van der Waals surface area (Å²) in [5, 5.41) is 0. The van der Waals surface area contributed by atoms with Gasteiger partial charge >= 0.3 is 5.97 Å². The molecule has 0 aliphatic rings. The van der Waals surface area contributed by atoms with Crippen LogP contribution in [0.5, 0.6) is 5.75 Å². The smallest absolute Gasteiger partial charge is 0.343 e. The molecule has 0 aliphatic carbocycles. The maximum atomic E-state index is 12.3. The lowest BCUT2D eigenvalue weighted by atomic mass is 10.0. The van der Waals surface area contributed by atoms with E-state index in [1.54, 1.807) is 0 Å². The molecule has 0 N–H and O–H groups in total. The Bertz CT molecular complexity index is 875. The van der Waals surface area contributed by atoms with E-state index in [-0.39, 0.29) is 5.97 Å². The van der Waals surface area contributed by atoms with Crippen molar-refractivity contribution in [3.05, 3.63) is 89.5 Å². The summed E-state index contributed by atoms with van der Waals surface area (Å²) in [6.45, 7) is 4.32. The Kier molecular flexibility index (Phi) is 7.02. The molecule has 0 radical (unpaired) electrons. The topological polar surface area (TPSA) is 26.3 Å². The molecule has 0 fully saturated rings. The Hall–Kier alpha value is -2.87. The summed E-state index contributed by atoms with van der Waals surface area (Å²) in [6.07, 6.45) is 5.87. The lowest BCUT2D eigenvalue weighted by Gasteiger charge is -2.07. The standard InChI is InChI=1S/C26H28O2/c1-3-5-6-7-21-10-12-22(13-11-21)23-16-18-25(19-17-23)28-26(27)24-14-8-20(4-2)9-15-24/h8-19H,3-7H2,1-2H3. The predicted molar refractivity (Wildman–Crippen MR) is 116 cm³/mol. The van der Waals surface area contributed by atoms with E-state index >= 15 is 0 Å². The van der Waals surface area contributed by atoms with Gasteiger partial charge in [-0.3, -0.25) is 0 Å². The maximum absolute atomic E-state index is 12.3. The highest BCUT2D eigenvalue weighted by Crippen LogP contribution is 2.24. The van der Waals surface area contributed by atoms with Crippen molar-refractivity contribution in [2.75, 3.05) is 0 Å². The van der Waals surface area contributed by atoms with Crippen LogP contribution in [-0.4, -0.2) is 5.97 Å². The molecule has 2 nitrogen and oxygen atoms in total. The summed E-state index contributed by atoms with van der Waals surface area (Å²) >= 11 is 0. The van der Waals surface area contributed by atoms with Crippen molar-refractivity contribution < 1.29 is 9.53 Å². The average Bonchev–Trinajstić information content (AvgIpc) is 2.75. The van der Waals surface area contributed by atoms with Gasteiger partial charge in [0.2, 0.25) is 0 Å². The molecule has 3 rings (SSSR count). The van der Waals surface area contributed by atoms with Crippen LogP contribution in [0.4, 0.5) is 0 Å². The molecule has 2 heteroatoms. The van der Waals surface area contributed by atoms with Crippen LogP contribution < -0.4 is 4.74 Å². The summed E-state index contributed by atoms with van der Waals surface area (Å²) in [4.78, 5) is 12.3. The van der Waals surface area contributed by atoms with Crippen molar-refractivity contribution in [1.82, 2.24) is 0 Å². The van der Waals surface area contributed by atoms with Gasteiger partial charge in [0.1, 0.15) is 5.75 Å². The van der Waals surface area contributed by atoms with Crippen molar-refractivity contribution in [1.29, 1.82) is 0 Å². The highest BCUT2D eigenvalue weighted by Gasteiger charge is 2.08. The van der Waals surface area contributed by atoms with Crippen LogP contribution in [0, 0.1) is 0 Å². The molecule has 144 valence electrons. The quantitative estimate of drug-likeness (QED) is 0.245. The van der Waals surface area contributed by atoms with Gasteiger partial charge in [0.05, 0.1) is 5.56 Å². The largest absolute Gasteiger partial charge is 0.423 e. The third-order valence-corrected chi connectivity index (χ3v) is 5.02. The van der Waals surface area contributed by atoms with Crippen LogP contribution in [0.25, 0.3) is 11.1 Å². The average molecular weight is 373 g/mol. The molecule has 0 aromatic heterocycles. The van der Waals surface area contributed by atoms with E-state index in [2.05, 4.69) is 38.1 Å². The third kappa shape index (κ3) is 5.32. The van der Waals surface area contributed by atoms with E-state index in [9.17, 15) is 4.79 Å². The summed E-state index contributed by atoms with van der Waals surface area (Å²) in [5.41, 5.74) is 5.45. The molecule has 3 aromatic carbocycles. The molecule has 0 saturated heterocycles. The van der Waals surface area contributed by atoms with Crippen LogP contribution in [0.1, 0.15) is 54.6 Å². The van der Waals surface area contributed by atoms with Gasteiger partial charge in [-0.05, 0) is 65.8 Å². The number of hydrogen-bond acceptors (Lipinski definition) is 2. The summed E-state index contributed by atoms with van der Waals surface area (Å²) in [6, 6.07) is 24.0. The number of aryl methyl sites for hydroxylation is 2. The number of esters is 1. The first-order valence-electron chi connectivity index (χ1n) is 10.2. The molecule has 0 amide bonds. The summed E-state index contributed by atoms with van der Waals surface area (Å²) < 4.78 is 5.50. The molecule has 0 bridgehead atoms. The van der Waals surface area contributed by atoms with Crippen molar-refractivity contribution >= 4 is 5.97 Å². The second kappa shape index (κ2) is 9.89. The zero-order chi connectivity index (χ0) is 19.8. The van der Waals surface area contributed by atoms with E-state index in [4.69, 9.17) is 4.74 Å². The lowest BCUT2D eigenvalue weighted by Crippen LogP contribution is -2.08. The molecule has 0 spiro atoms. The minimum atomic E-state index is -0.327. The maximum Gasteiger partial charge on any atom is 0.343 e. The van der Waals surface area contributed by atoms with Gasteiger partial charge in [-0.25, -0.2) is 4.79 Å². The highest BCUT2D eigenvalue weighted by atomic mass is 16.5. The van der Waals surface area contributed by atoms with E-state index in [0.717, 1.165) is 18.4 Å². The minimum Gasteiger partial charge on any atom is -0.423 e. The predicted octanol–water partition coefficient (Wildman–Crippen LogP) is 6.87. The fourth-order valence-electron chi connectivity index (χ4n) is 3.20. The molecule has 0 saturated carbocycles. The lowest BCUT2D eigenvalue weighted by molar-refractivity contribution is 0.0735. The second-order valence-electron chi connectivity index (χ2n) is 7.12. The number of benzene rings is 3. The second-order valence-corrected chi connectivity index (χ2v) is 7.12. The minimum absolute atomic E-state index is 0.327. The molecule has 0 aliphatic heterocycles. The monoisotopic (exact) mass is 372 g/mol. The Morgan fingerprint density at radius 3 is 1.86 bits per heavy atom. The number of rotatable bonds is 8. The third-order valence-electron chi connectivity index (χ3n) is 5.02. The number of carbonyl (C=O) groups excluding carboxylic acids is 1. The summed E-state index contributed by atoms with van der Waals surface area (Å²) in [5.74, 6) is 0.233. The molecular formula is C26H28O2. The van der Waals surface area contributed by atoms with E-state index in [1.807, 2.05) is 48.5 Å². The van der Waals surface area contributed by atoms with Crippen LogP contribution in [0.2, 0.25) is 0 Å². The van der Waals surface area contributed by atoms with Crippen molar-refractivity contribution in [2.45, 2.75) is 46.0 Å². The first kappa shape index (κ1) is 19.9. The normalized spacial score (nSPS) is 10.6. The van der Waals surface area contributed by atoms with Crippen LogP contribution in [0.15, 0.2) is 72.8 Å². The van der Waals surface area contributed by atoms with Gasteiger partial charge in [-0.2, -0.15) is 0 Å². The van der Waals surface area contributed by atoms with Gasteiger partial charge in [-0.15, -0.1) is 0 Å². The molecule has 28 heavy (non-hydrogen) atoms. The van der Waals surface area contributed by atoms with E-state index in [0.29, 0.717) is 11.3 Å². The molecule has 0 atom stereocenters. The van der Waals surface area contributed by atoms with E-state index < -0.39 is 0 Å². The first-order valence-corrected chi connectivity index (χ1v) is 10.2. The number of ether oxygens (including phenoxy) is 1. The van der Waals surface area contributed by atoms with Gasteiger partial charge in [0.15, 0.2) is 0 Å². The zero-order valence-electron chi connectivity index (χ0n) is 16.8. The Morgan fingerprint density at radius 1 is 0.714 bits per heavy atom. The van der Waals surface area contributed by atoms with Crippen LogP contribution in [-0.2, 0) is 12.8 Å². The molecule has 3 aromatic rings. The van der Waals surface area contributed by atoms with E-state index in [1.165, 1.54) is 36.0 Å². The van der Waals surface area contributed by atoms with Crippen molar-refractivity contribution in [3.8, 4) is 16.9 Å². The summed E-state index contributed by atoms with van der Waals surface area (Å²) in [7, 11) is 0. The Morgan fingerprint density at radius 2 is 1.29 bits per heavy atom. The Balaban J connectivity index is 1.61. The van der Waals surface area contributed by atoms with Crippen LogP contribution >= 0.6 is 0 Å². The fraction of sp³-hybridized carbons (Fsp3) is 0.269. The van der Waals surface area contributed by atoms with Gasteiger partial charge in [0.25, 0.3) is 0 Å².